The number of hydrogen-bond acceptors (Lipinski definition) is 4. The zero-order valence-electron chi connectivity index (χ0n) is 4.33. The van der Waals surface area contributed by atoms with Crippen molar-refractivity contribution >= 4 is 28.5 Å². The maximum atomic E-state index is 7.88. The van der Waals surface area contributed by atoms with Crippen LogP contribution in [0.2, 0.25) is 0 Å². The molecule has 5 heteroatoms. The minimum atomic E-state index is 0.245. The number of nitrogens with zero attached hydrogens (tertiary/aromatic N) is 2. The SMILES string of the molecule is CCOC(=S)S[N+]#N. The van der Waals surface area contributed by atoms with Gasteiger partial charge >= 0.3 is 16.3 Å². The second-order valence-corrected chi connectivity index (χ2v) is 2.20. The molecule has 0 aliphatic heterocycles. The Labute approximate surface area is 57.2 Å². The predicted octanol–water partition coefficient (Wildman–Crippen LogP) is 1.81. The van der Waals surface area contributed by atoms with Crippen LogP contribution in [0.25, 0.3) is 4.38 Å². The zero-order chi connectivity index (χ0) is 6.41. The van der Waals surface area contributed by atoms with Crippen molar-refractivity contribution < 1.29 is 4.74 Å². The van der Waals surface area contributed by atoms with Crippen molar-refractivity contribution in [3.05, 3.63) is 4.38 Å². The Morgan fingerprint density at radius 2 is 2.62 bits per heavy atom. The molecule has 0 aromatic heterocycles. The van der Waals surface area contributed by atoms with E-state index in [1.807, 2.05) is 6.92 Å². The third-order valence-electron chi connectivity index (χ3n) is 0.378. The number of rotatable bonds is 1. The van der Waals surface area contributed by atoms with Gasteiger partial charge in [-0.15, -0.1) is 0 Å². The van der Waals surface area contributed by atoms with Crippen molar-refractivity contribution in [2.75, 3.05) is 6.61 Å². The van der Waals surface area contributed by atoms with E-state index in [2.05, 4.69) is 16.6 Å². The minimum Gasteiger partial charge on any atom is -0.474 e. The van der Waals surface area contributed by atoms with E-state index < -0.39 is 0 Å². The van der Waals surface area contributed by atoms with Crippen molar-refractivity contribution in [2.24, 2.45) is 0 Å². The molecule has 0 aromatic rings. The van der Waals surface area contributed by atoms with Gasteiger partial charge in [0, 0.05) is 0 Å². The Bertz CT molecular complexity index is 119. The summed E-state index contributed by atoms with van der Waals surface area (Å²) in [7, 11) is 0. The maximum absolute atomic E-state index is 7.88. The number of diazo groups is 1. The van der Waals surface area contributed by atoms with Gasteiger partial charge in [-0.1, -0.05) is 0 Å². The van der Waals surface area contributed by atoms with Crippen LogP contribution in [-0.2, 0) is 4.74 Å². The predicted molar refractivity (Wildman–Crippen MR) is 36.9 cm³/mol. The van der Waals surface area contributed by atoms with Gasteiger partial charge in [0.2, 0.25) is 9.77 Å². The average Bonchev–Trinajstić information content (AvgIpc) is 1.68. The molecule has 0 spiro atoms. The number of ether oxygens (including phenoxy) is 1. The Hall–Kier alpha value is -0.340. The van der Waals surface area contributed by atoms with Crippen molar-refractivity contribution in [3.63, 3.8) is 0 Å². The molecule has 0 atom stereocenters. The second kappa shape index (κ2) is 4.81. The van der Waals surface area contributed by atoms with E-state index in [-0.39, 0.29) is 4.38 Å². The lowest BCUT2D eigenvalue weighted by atomic mass is 10.9. The molecule has 0 radical (unpaired) electrons. The molecular weight excluding hydrogens is 144 g/mol. The van der Waals surface area contributed by atoms with Crippen molar-refractivity contribution in [2.45, 2.75) is 6.92 Å². The van der Waals surface area contributed by atoms with Gasteiger partial charge in [0.15, 0.2) is 0 Å². The molecule has 0 unspecified atom stereocenters. The Balaban J connectivity index is 3.23. The quantitative estimate of drug-likeness (QED) is 0.324. The molecule has 0 bridgehead atoms. The van der Waals surface area contributed by atoms with Gasteiger partial charge in [-0.25, -0.2) is 0 Å². The molecule has 0 saturated heterocycles. The lowest BCUT2D eigenvalue weighted by Crippen LogP contribution is -1.92. The van der Waals surface area contributed by atoms with E-state index in [0.29, 0.717) is 6.61 Å². The van der Waals surface area contributed by atoms with Crippen LogP contribution in [0.15, 0.2) is 0 Å². The van der Waals surface area contributed by atoms with E-state index in [0.717, 1.165) is 11.9 Å². The van der Waals surface area contributed by atoms with E-state index >= 15 is 0 Å². The van der Waals surface area contributed by atoms with Crippen LogP contribution in [0.3, 0.4) is 0 Å². The molecule has 0 amide bonds. The summed E-state index contributed by atoms with van der Waals surface area (Å²) in [5.41, 5.74) is 0. The van der Waals surface area contributed by atoms with Crippen LogP contribution in [-0.4, -0.2) is 11.0 Å². The summed E-state index contributed by atoms with van der Waals surface area (Å²) in [4.78, 5) is 0. The first-order valence-corrected chi connectivity index (χ1v) is 3.17. The third kappa shape index (κ3) is 3.84. The smallest absolute Gasteiger partial charge is 0.447 e. The molecule has 0 aromatic carbocycles. The summed E-state index contributed by atoms with van der Waals surface area (Å²) in [6, 6.07) is 0. The molecular formula is C3H5N2OS2+. The molecule has 3 nitrogen and oxygen atoms in total. The molecule has 0 rings (SSSR count). The summed E-state index contributed by atoms with van der Waals surface area (Å²) in [6.07, 6.45) is 0. The summed E-state index contributed by atoms with van der Waals surface area (Å²) in [6.45, 7) is 2.32. The summed E-state index contributed by atoms with van der Waals surface area (Å²) in [5.74, 6) is 0. The summed E-state index contributed by atoms with van der Waals surface area (Å²) < 4.78 is 7.67. The number of thiocarbonyl (C=S) groups is 1. The monoisotopic (exact) mass is 149 g/mol. The van der Waals surface area contributed by atoms with Crippen molar-refractivity contribution in [1.82, 2.24) is 0 Å². The van der Waals surface area contributed by atoms with Gasteiger partial charge in [-0.2, -0.15) is 0 Å². The van der Waals surface area contributed by atoms with Gasteiger partial charge in [0.1, 0.15) is 0 Å². The Morgan fingerprint density at radius 3 is 3.00 bits per heavy atom. The zero-order valence-corrected chi connectivity index (χ0v) is 5.96. The highest BCUT2D eigenvalue weighted by atomic mass is 32.2. The molecule has 0 N–H and O–H groups in total. The third-order valence-corrected chi connectivity index (χ3v) is 1.07. The molecule has 0 aliphatic rings. The van der Waals surface area contributed by atoms with Crippen LogP contribution in [0.1, 0.15) is 6.92 Å². The van der Waals surface area contributed by atoms with Crippen molar-refractivity contribution in [1.29, 1.82) is 5.39 Å². The fourth-order valence-electron chi connectivity index (χ4n) is 0.178. The van der Waals surface area contributed by atoms with Crippen LogP contribution >= 0.6 is 24.2 Å². The normalized spacial score (nSPS) is 7.50. The average molecular weight is 149 g/mol. The molecule has 0 heterocycles. The standard InChI is InChI=1S/C3H5N2OS2/c1-2-6-3(7)8-5-4/h2H2,1H3/q+1. The van der Waals surface area contributed by atoms with E-state index in [9.17, 15) is 0 Å². The molecule has 0 fully saturated rings. The first kappa shape index (κ1) is 7.66. The van der Waals surface area contributed by atoms with E-state index in [4.69, 9.17) is 10.1 Å². The maximum Gasteiger partial charge on any atom is 0.447 e. The highest BCUT2D eigenvalue weighted by Crippen LogP contribution is 2.05. The molecule has 8 heavy (non-hydrogen) atoms. The first-order valence-electron chi connectivity index (χ1n) is 1.99. The van der Waals surface area contributed by atoms with Gasteiger partial charge in [-0.05, 0) is 19.1 Å². The topological polar surface area (TPSA) is 37.4 Å². The lowest BCUT2D eigenvalue weighted by molar-refractivity contribution is 0.346. The highest BCUT2D eigenvalue weighted by molar-refractivity contribution is 8.23. The summed E-state index contributed by atoms with van der Waals surface area (Å²) in [5, 5.41) is 7.88. The summed E-state index contributed by atoms with van der Waals surface area (Å²) >= 11 is 5.28. The fraction of sp³-hybridized carbons (Fsp3) is 0.667. The van der Waals surface area contributed by atoms with E-state index in [1.165, 1.54) is 0 Å². The fourth-order valence-corrected chi connectivity index (χ4v) is 0.633. The largest absolute Gasteiger partial charge is 0.474 e. The highest BCUT2D eigenvalue weighted by Gasteiger charge is 2.07. The molecule has 0 aliphatic carbocycles. The van der Waals surface area contributed by atoms with Gasteiger partial charge in [0.05, 0.1) is 6.61 Å². The second-order valence-electron chi connectivity index (χ2n) is 0.856. The van der Waals surface area contributed by atoms with Crippen LogP contribution in [0, 0.1) is 5.39 Å². The van der Waals surface area contributed by atoms with Gasteiger partial charge in [-0.3, -0.25) is 0 Å². The van der Waals surface area contributed by atoms with E-state index in [1.54, 1.807) is 0 Å². The number of hydrogen-bond donors (Lipinski definition) is 0. The van der Waals surface area contributed by atoms with Crippen molar-refractivity contribution in [3.8, 4) is 0 Å². The molecule has 44 valence electrons. The Kier molecular flexibility index (Phi) is 4.61. The molecule has 0 saturated carbocycles. The van der Waals surface area contributed by atoms with Crippen LogP contribution in [0.4, 0.5) is 0 Å². The minimum absolute atomic E-state index is 0.245. The first-order chi connectivity index (χ1) is 3.81. The van der Waals surface area contributed by atoms with Crippen LogP contribution in [0.5, 0.6) is 0 Å². The Morgan fingerprint density at radius 1 is 2.00 bits per heavy atom. The van der Waals surface area contributed by atoms with Crippen LogP contribution < -0.4 is 0 Å². The van der Waals surface area contributed by atoms with Gasteiger partial charge < -0.3 is 4.74 Å². The lowest BCUT2D eigenvalue weighted by Gasteiger charge is -1.89. The van der Waals surface area contributed by atoms with Gasteiger partial charge in [0.25, 0.3) is 0 Å².